The molecule has 0 radical (unpaired) electrons. The third-order valence-electron chi connectivity index (χ3n) is 2.63. The van der Waals surface area contributed by atoms with Gasteiger partial charge in [0.1, 0.15) is 0 Å². The lowest BCUT2D eigenvalue weighted by atomic mass is 10.1. The predicted molar refractivity (Wildman–Crippen MR) is 58.1 cm³/mol. The Morgan fingerprint density at radius 3 is 2.93 bits per heavy atom. The number of amides is 1. The molecule has 0 aromatic carbocycles. The van der Waals surface area contributed by atoms with E-state index in [2.05, 4.69) is 26.1 Å². The first-order valence-corrected chi connectivity index (χ1v) is 5.58. The molecule has 0 spiro atoms. The van der Waals surface area contributed by atoms with Crippen LogP contribution >= 0.6 is 0 Å². The molecule has 0 saturated carbocycles. The number of hydrogen-bond donors (Lipinski definition) is 1. The Balaban J connectivity index is 2.42. The molecular formula is C11H22N2O. The highest BCUT2D eigenvalue weighted by Crippen LogP contribution is 2.07. The molecule has 1 atom stereocenters. The lowest BCUT2D eigenvalue weighted by molar-refractivity contribution is -0.130. The van der Waals surface area contributed by atoms with Gasteiger partial charge in [-0.15, -0.1) is 0 Å². The predicted octanol–water partition coefficient (Wildman–Crippen LogP) is 1.10. The van der Waals surface area contributed by atoms with Gasteiger partial charge in [-0.25, -0.2) is 0 Å². The zero-order valence-electron chi connectivity index (χ0n) is 9.55. The van der Waals surface area contributed by atoms with Crippen LogP contribution in [-0.4, -0.2) is 37.0 Å². The van der Waals surface area contributed by atoms with Crippen LogP contribution in [0.1, 0.15) is 27.2 Å². The minimum Gasteiger partial charge on any atom is -0.341 e. The number of nitrogens with zero attached hydrogens (tertiary/aromatic N) is 1. The Morgan fingerprint density at radius 2 is 2.29 bits per heavy atom. The van der Waals surface area contributed by atoms with Gasteiger partial charge in [-0.2, -0.15) is 0 Å². The van der Waals surface area contributed by atoms with Crippen LogP contribution in [-0.2, 0) is 4.79 Å². The van der Waals surface area contributed by atoms with E-state index >= 15 is 0 Å². The molecule has 14 heavy (non-hydrogen) atoms. The zero-order valence-corrected chi connectivity index (χ0v) is 9.55. The second kappa shape index (κ2) is 5.35. The fraction of sp³-hybridized carbons (Fsp3) is 0.909. The summed E-state index contributed by atoms with van der Waals surface area (Å²) in [6, 6.07) is 0. The summed E-state index contributed by atoms with van der Waals surface area (Å²) in [4.78, 5) is 13.6. The summed E-state index contributed by atoms with van der Waals surface area (Å²) in [5.74, 6) is 1.51. The molecule has 1 N–H and O–H groups in total. The molecule has 1 fully saturated rings. The maximum Gasteiger partial charge on any atom is 0.236 e. The van der Waals surface area contributed by atoms with E-state index in [0.717, 1.165) is 26.1 Å². The standard InChI is InChI=1S/C11H22N2O/c1-9(2)4-5-13-8-10(3)6-12-7-11(13)14/h9-10,12H,4-8H2,1-3H3. The van der Waals surface area contributed by atoms with Crippen LogP contribution in [0.2, 0.25) is 0 Å². The molecule has 1 amide bonds. The Labute approximate surface area is 86.9 Å². The van der Waals surface area contributed by atoms with Gasteiger partial charge < -0.3 is 10.2 Å². The summed E-state index contributed by atoms with van der Waals surface area (Å²) in [6.07, 6.45) is 1.11. The van der Waals surface area contributed by atoms with Crippen molar-refractivity contribution in [1.29, 1.82) is 0 Å². The van der Waals surface area contributed by atoms with Gasteiger partial charge in [0.25, 0.3) is 0 Å². The third kappa shape index (κ3) is 3.66. The van der Waals surface area contributed by atoms with Crippen molar-refractivity contribution in [3.8, 4) is 0 Å². The highest BCUT2D eigenvalue weighted by molar-refractivity contribution is 5.78. The lowest BCUT2D eigenvalue weighted by Crippen LogP contribution is -2.36. The summed E-state index contributed by atoms with van der Waals surface area (Å²) in [5, 5.41) is 3.17. The molecule has 1 aliphatic rings. The summed E-state index contributed by atoms with van der Waals surface area (Å²) in [6.45, 7) is 9.90. The van der Waals surface area contributed by atoms with E-state index in [4.69, 9.17) is 0 Å². The first-order valence-electron chi connectivity index (χ1n) is 5.58. The van der Waals surface area contributed by atoms with Crippen LogP contribution in [0.5, 0.6) is 0 Å². The van der Waals surface area contributed by atoms with Crippen LogP contribution < -0.4 is 5.32 Å². The monoisotopic (exact) mass is 198 g/mol. The van der Waals surface area contributed by atoms with E-state index in [1.807, 2.05) is 4.90 Å². The molecule has 1 aliphatic heterocycles. The van der Waals surface area contributed by atoms with Crippen LogP contribution in [0.25, 0.3) is 0 Å². The van der Waals surface area contributed by atoms with Gasteiger partial charge >= 0.3 is 0 Å². The third-order valence-corrected chi connectivity index (χ3v) is 2.63. The second-order valence-corrected chi connectivity index (χ2v) is 4.76. The average molecular weight is 198 g/mol. The zero-order chi connectivity index (χ0) is 10.6. The Kier molecular flexibility index (Phi) is 4.39. The smallest absolute Gasteiger partial charge is 0.236 e. The lowest BCUT2D eigenvalue weighted by Gasteiger charge is -2.23. The van der Waals surface area contributed by atoms with Crippen molar-refractivity contribution in [3.63, 3.8) is 0 Å². The molecule has 3 heteroatoms. The second-order valence-electron chi connectivity index (χ2n) is 4.76. The van der Waals surface area contributed by atoms with Gasteiger partial charge in [-0.05, 0) is 24.8 Å². The Hall–Kier alpha value is -0.570. The minimum atomic E-state index is 0.259. The molecule has 0 aromatic heterocycles. The number of carbonyl (C=O) groups is 1. The van der Waals surface area contributed by atoms with Gasteiger partial charge in [-0.1, -0.05) is 20.8 Å². The van der Waals surface area contributed by atoms with Crippen LogP contribution in [0.3, 0.4) is 0 Å². The first-order chi connectivity index (χ1) is 6.59. The van der Waals surface area contributed by atoms with Gasteiger partial charge in [0.15, 0.2) is 0 Å². The molecular weight excluding hydrogens is 176 g/mol. The largest absolute Gasteiger partial charge is 0.341 e. The van der Waals surface area contributed by atoms with Gasteiger partial charge in [-0.3, -0.25) is 4.79 Å². The van der Waals surface area contributed by atoms with E-state index in [0.29, 0.717) is 18.4 Å². The highest BCUT2D eigenvalue weighted by atomic mass is 16.2. The maximum absolute atomic E-state index is 11.6. The summed E-state index contributed by atoms with van der Waals surface area (Å²) >= 11 is 0. The van der Waals surface area contributed by atoms with Crippen molar-refractivity contribution in [1.82, 2.24) is 10.2 Å². The van der Waals surface area contributed by atoms with E-state index in [-0.39, 0.29) is 5.91 Å². The van der Waals surface area contributed by atoms with Gasteiger partial charge in [0.2, 0.25) is 5.91 Å². The average Bonchev–Trinajstić information content (AvgIpc) is 2.25. The molecule has 82 valence electrons. The van der Waals surface area contributed by atoms with Crippen molar-refractivity contribution >= 4 is 5.91 Å². The SMILES string of the molecule is CC(C)CCN1CC(C)CNCC1=O. The fourth-order valence-electron chi connectivity index (χ4n) is 1.71. The van der Waals surface area contributed by atoms with Crippen LogP contribution in [0.15, 0.2) is 0 Å². The van der Waals surface area contributed by atoms with Crippen molar-refractivity contribution < 1.29 is 4.79 Å². The molecule has 0 aliphatic carbocycles. The number of hydrogen-bond acceptors (Lipinski definition) is 2. The maximum atomic E-state index is 11.6. The molecule has 1 heterocycles. The summed E-state index contributed by atoms with van der Waals surface area (Å²) in [5.41, 5.74) is 0. The van der Waals surface area contributed by atoms with Crippen molar-refractivity contribution in [2.24, 2.45) is 11.8 Å². The van der Waals surface area contributed by atoms with E-state index < -0.39 is 0 Å². The normalized spacial score (nSPS) is 24.1. The van der Waals surface area contributed by atoms with Gasteiger partial charge in [0, 0.05) is 13.1 Å². The van der Waals surface area contributed by atoms with Crippen LogP contribution in [0, 0.1) is 11.8 Å². The Morgan fingerprint density at radius 1 is 1.57 bits per heavy atom. The van der Waals surface area contributed by atoms with Crippen LogP contribution in [0.4, 0.5) is 0 Å². The minimum absolute atomic E-state index is 0.259. The number of carbonyl (C=O) groups excluding carboxylic acids is 1. The summed E-state index contributed by atoms with van der Waals surface area (Å²) < 4.78 is 0. The Bertz CT molecular complexity index is 192. The molecule has 1 rings (SSSR count). The van der Waals surface area contributed by atoms with Crippen molar-refractivity contribution in [2.45, 2.75) is 27.2 Å². The molecule has 0 bridgehead atoms. The van der Waals surface area contributed by atoms with Crippen molar-refractivity contribution in [3.05, 3.63) is 0 Å². The van der Waals surface area contributed by atoms with Crippen molar-refractivity contribution in [2.75, 3.05) is 26.2 Å². The molecule has 3 nitrogen and oxygen atoms in total. The topological polar surface area (TPSA) is 32.3 Å². The van der Waals surface area contributed by atoms with E-state index in [1.54, 1.807) is 0 Å². The number of nitrogens with one attached hydrogen (secondary N) is 1. The van der Waals surface area contributed by atoms with E-state index in [9.17, 15) is 4.79 Å². The molecule has 0 aromatic rings. The quantitative estimate of drug-likeness (QED) is 0.736. The highest BCUT2D eigenvalue weighted by Gasteiger charge is 2.19. The first kappa shape index (κ1) is 11.5. The molecule has 1 unspecified atom stereocenters. The molecule has 1 saturated heterocycles. The number of rotatable bonds is 3. The van der Waals surface area contributed by atoms with Gasteiger partial charge in [0.05, 0.1) is 6.54 Å². The fourth-order valence-corrected chi connectivity index (χ4v) is 1.71. The summed E-state index contributed by atoms with van der Waals surface area (Å²) in [7, 11) is 0. The van der Waals surface area contributed by atoms with E-state index in [1.165, 1.54) is 0 Å².